The Kier molecular flexibility index (Phi) is 8.16. The molecule has 1 rings (SSSR count). The number of carbonyl (C=O) groups excluding carboxylic acids is 1. The van der Waals surface area contributed by atoms with Crippen LogP contribution in [0.25, 0.3) is 0 Å². The number of hydrogen-bond acceptors (Lipinski definition) is 3. The van der Waals surface area contributed by atoms with Crippen LogP contribution in [-0.2, 0) is 4.79 Å². The van der Waals surface area contributed by atoms with Crippen molar-refractivity contribution in [1.29, 1.82) is 0 Å². The van der Waals surface area contributed by atoms with E-state index in [-0.39, 0.29) is 24.2 Å². The third-order valence-corrected chi connectivity index (χ3v) is 2.59. The molecular formula is C13H21ClN2O2. The summed E-state index contributed by atoms with van der Waals surface area (Å²) in [6, 6.07) is 9.56. The molecule has 0 aliphatic heterocycles. The molecule has 102 valence electrons. The Labute approximate surface area is 115 Å². The van der Waals surface area contributed by atoms with Crippen LogP contribution in [0.2, 0.25) is 0 Å². The predicted molar refractivity (Wildman–Crippen MR) is 75.0 cm³/mol. The van der Waals surface area contributed by atoms with Gasteiger partial charge in [-0.15, -0.1) is 12.4 Å². The maximum Gasteiger partial charge on any atom is 0.226 e. The van der Waals surface area contributed by atoms with Gasteiger partial charge in [0.05, 0.1) is 6.54 Å². The standard InChI is InChI=1S/C13H20N2O2.ClH/c1-11(10-14)13(16)15(2)8-9-17-12-6-4-3-5-7-12;/h3-7,11H,8-10,14H2,1-2H3;1H. The number of hydrogen-bond donors (Lipinski definition) is 1. The van der Waals surface area contributed by atoms with Gasteiger partial charge >= 0.3 is 0 Å². The van der Waals surface area contributed by atoms with Crippen LogP contribution in [0.1, 0.15) is 6.92 Å². The fraction of sp³-hybridized carbons (Fsp3) is 0.462. The lowest BCUT2D eigenvalue weighted by Crippen LogP contribution is -2.37. The quantitative estimate of drug-likeness (QED) is 0.855. The van der Waals surface area contributed by atoms with Crippen LogP contribution >= 0.6 is 12.4 Å². The van der Waals surface area contributed by atoms with Crippen LogP contribution in [0.15, 0.2) is 30.3 Å². The highest BCUT2D eigenvalue weighted by Crippen LogP contribution is 2.08. The molecule has 2 N–H and O–H groups in total. The molecule has 18 heavy (non-hydrogen) atoms. The Balaban J connectivity index is 0.00000289. The number of likely N-dealkylation sites (N-methyl/N-ethyl adjacent to an activating group) is 1. The first-order valence-corrected chi connectivity index (χ1v) is 5.78. The normalized spacial score (nSPS) is 11.3. The predicted octanol–water partition coefficient (Wildman–Crippen LogP) is 1.54. The van der Waals surface area contributed by atoms with Gasteiger partial charge in [0.2, 0.25) is 5.91 Å². The lowest BCUT2D eigenvalue weighted by Gasteiger charge is -2.20. The van der Waals surface area contributed by atoms with Crippen LogP contribution < -0.4 is 10.5 Å². The monoisotopic (exact) mass is 272 g/mol. The molecule has 0 spiro atoms. The highest BCUT2D eigenvalue weighted by atomic mass is 35.5. The van der Waals surface area contributed by atoms with Crippen LogP contribution in [0, 0.1) is 5.92 Å². The third kappa shape index (κ3) is 5.38. The Morgan fingerprint density at radius 3 is 2.56 bits per heavy atom. The molecule has 0 aliphatic rings. The summed E-state index contributed by atoms with van der Waals surface area (Å²) in [6.45, 7) is 3.27. The van der Waals surface area contributed by atoms with E-state index in [0.29, 0.717) is 19.7 Å². The Morgan fingerprint density at radius 2 is 2.00 bits per heavy atom. The second kappa shape index (κ2) is 8.78. The number of carbonyl (C=O) groups is 1. The lowest BCUT2D eigenvalue weighted by atomic mass is 10.1. The zero-order valence-corrected chi connectivity index (χ0v) is 11.7. The molecule has 0 saturated carbocycles. The van der Waals surface area contributed by atoms with E-state index in [1.807, 2.05) is 37.3 Å². The number of ether oxygens (including phenoxy) is 1. The van der Waals surface area contributed by atoms with E-state index in [2.05, 4.69) is 0 Å². The van der Waals surface area contributed by atoms with E-state index in [0.717, 1.165) is 5.75 Å². The average molecular weight is 273 g/mol. The zero-order chi connectivity index (χ0) is 12.7. The van der Waals surface area contributed by atoms with E-state index in [1.165, 1.54) is 0 Å². The van der Waals surface area contributed by atoms with Crippen molar-refractivity contribution in [3.63, 3.8) is 0 Å². The molecule has 0 fully saturated rings. The van der Waals surface area contributed by atoms with Crippen LogP contribution in [0.4, 0.5) is 0 Å². The number of halogens is 1. The number of benzene rings is 1. The van der Waals surface area contributed by atoms with E-state index in [1.54, 1.807) is 11.9 Å². The van der Waals surface area contributed by atoms with Crippen molar-refractivity contribution >= 4 is 18.3 Å². The number of nitrogens with two attached hydrogens (primary N) is 1. The molecule has 0 aliphatic carbocycles. The van der Waals surface area contributed by atoms with Crippen LogP contribution in [0.3, 0.4) is 0 Å². The number of para-hydroxylation sites is 1. The van der Waals surface area contributed by atoms with Gasteiger partial charge in [0.25, 0.3) is 0 Å². The van der Waals surface area contributed by atoms with Crippen molar-refractivity contribution in [2.75, 3.05) is 26.7 Å². The first kappa shape index (κ1) is 16.7. The average Bonchev–Trinajstić information content (AvgIpc) is 2.38. The number of nitrogens with zero attached hydrogens (tertiary/aromatic N) is 1. The van der Waals surface area contributed by atoms with Gasteiger partial charge in [-0.25, -0.2) is 0 Å². The second-order valence-corrected chi connectivity index (χ2v) is 4.06. The molecule has 0 aromatic heterocycles. The zero-order valence-electron chi connectivity index (χ0n) is 10.8. The smallest absolute Gasteiger partial charge is 0.226 e. The van der Waals surface area contributed by atoms with Crippen molar-refractivity contribution < 1.29 is 9.53 Å². The first-order chi connectivity index (χ1) is 8.15. The minimum atomic E-state index is -0.128. The molecule has 1 aromatic carbocycles. The molecule has 5 heteroatoms. The molecule has 4 nitrogen and oxygen atoms in total. The van der Waals surface area contributed by atoms with Crippen LogP contribution in [0.5, 0.6) is 5.75 Å². The molecule has 1 amide bonds. The number of rotatable bonds is 6. The maximum atomic E-state index is 11.7. The molecule has 0 heterocycles. The minimum Gasteiger partial charge on any atom is -0.492 e. The molecule has 1 atom stereocenters. The molecular weight excluding hydrogens is 252 g/mol. The van der Waals surface area contributed by atoms with Gasteiger partial charge in [0, 0.05) is 19.5 Å². The summed E-state index contributed by atoms with van der Waals surface area (Å²) in [5.74, 6) is 0.751. The Bertz CT molecular complexity index is 346. The molecule has 1 unspecified atom stereocenters. The Hall–Kier alpha value is -1.26. The second-order valence-electron chi connectivity index (χ2n) is 4.06. The van der Waals surface area contributed by atoms with Gasteiger partial charge in [-0.05, 0) is 12.1 Å². The summed E-state index contributed by atoms with van der Waals surface area (Å²) < 4.78 is 5.52. The molecule has 0 saturated heterocycles. The summed E-state index contributed by atoms with van der Waals surface area (Å²) in [7, 11) is 1.77. The van der Waals surface area contributed by atoms with Gasteiger partial charge in [0.1, 0.15) is 12.4 Å². The topological polar surface area (TPSA) is 55.6 Å². The Morgan fingerprint density at radius 1 is 1.39 bits per heavy atom. The lowest BCUT2D eigenvalue weighted by molar-refractivity contribution is -0.133. The largest absolute Gasteiger partial charge is 0.492 e. The summed E-state index contributed by atoms with van der Waals surface area (Å²) in [4.78, 5) is 13.4. The first-order valence-electron chi connectivity index (χ1n) is 5.78. The SMILES string of the molecule is CC(CN)C(=O)N(C)CCOc1ccccc1.Cl. The van der Waals surface area contributed by atoms with Gasteiger partial charge in [-0.2, -0.15) is 0 Å². The fourth-order valence-corrected chi connectivity index (χ4v) is 1.40. The molecule has 1 aromatic rings. The van der Waals surface area contributed by atoms with E-state index in [4.69, 9.17) is 10.5 Å². The van der Waals surface area contributed by atoms with Gasteiger partial charge < -0.3 is 15.4 Å². The summed E-state index contributed by atoms with van der Waals surface area (Å²) >= 11 is 0. The highest BCUT2D eigenvalue weighted by Gasteiger charge is 2.15. The minimum absolute atomic E-state index is 0. The van der Waals surface area contributed by atoms with Crippen molar-refractivity contribution in [2.24, 2.45) is 11.7 Å². The van der Waals surface area contributed by atoms with Crippen molar-refractivity contribution in [1.82, 2.24) is 4.90 Å². The summed E-state index contributed by atoms with van der Waals surface area (Å²) in [5, 5.41) is 0. The summed E-state index contributed by atoms with van der Waals surface area (Å²) in [5.41, 5.74) is 5.45. The van der Waals surface area contributed by atoms with Crippen molar-refractivity contribution in [3.05, 3.63) is 30.3 Å². The van der Waals surface area contributed by atoms with Crippen LogP contribution in [-0.4, -0.2) is 37.6 Å². The van der Waals surface area contributed by atoms with Crippen molar-refractivity contribution in [2.45, 2.75) is 6.92 Å². The van der Waals surface area contributed by atoms with Gasteiger partial charge in [-0.3, -0.25) is 4.79 Å². The van der Waals surface area contributed by atoms with E-state index in [9.17, 15) is 4.79 Å². The number of amides is 1. The molecule has 0 bridgehead atoms. The summed E-state index contributed by atoms with van der Waals surface area (Å²) in [6.07, 6.45) is 0. The van der Waals surface area contributed by atoms with E-state index < -0.39 is 0 Å². The third-order valence-electron chi connectivity index (χ3n) is 2.59. The van der Waals surface area contributed by atoms with Gasteiger partial charge in [-0.1, -0.05) is 25.1 Å². The maximum absolute atomic E-state index is 11.7. The van der Waals surface area contributed by atoms with Gasteiger partial charge in [0.15, 0.2) is 0 Å². The highest BCUT2D eigenvalue weighted by molar-refractivity contribution is 5.85. The van der Waals surface area contributed by atoms with Crippen molar-refractivity contribution in [3.8, 4) is 5.75 Å². The van der Waals surface area contributed by atoms with E-state index >= 15 is 0 Å². The fourth-order valence-electron chi connectivity index (χ4n) is 1.40. The molecule has 0 radical (unpaired) electrons.